The lowest BCUT2D eigenvalue weighted by atomic mass is 10.1. The van der Waals surface area contributed by atoms with Gasteiger partial charge in [-0.3, -0.25) is 4.79 Å². The SMILES string of the molecule is COc1cccc(OC)c1CC(=O)N[C@@H]1Cc2ccccc2[C@H]1N. The molecule has 0 heterocycles. The van der Waals surface area contributed by atoms with E-state index in [1.54, 1.807) is 14.2 Å². The highest BCUT2D eigenvalue weighted by Crippen LogP contribution is 2.31. The predicted octanol–water partition coefficient (Wildman–Crippen LogP) is 1.99. The number of fused-ring (bicyclic) bond motifs is 1. The van der Waals surface area contributed by atoms with E-state index in [1.165, 1.54) is 5.56 Å². The van der Waals surface area contributed by atoms with Crippen molar-refractivity contribution in [2.24, 2.45) is 5.73 Å². The van der Waals surface area contributed by atoms with Crippen LogP contribution in [0.3, 0.4) is 0 Å². The number of nitrogens with two attached hydrogens (primary N) is 1. The van der Waals surface area contributed by atoms with Crippen LogP contribution in [-0.2, 0) is 17.6 Å². The molecule has 0 saturated carbocycles. The number of carbonyl (C=O) groups is 1. The summed E-state index contributed by atoms with van der Waals surface area (Å²) in [7, 11) is 3.17. The molecule has 0 bridgehead atoms. The van der Waals surface area contributed by atoms with Crippen molar-refractivity contribution in [3.63, 3.8) is 0 Å². The summed E-state index contributed by atoms with van der Waals surface area (Å²) < 4.78 is 10.7. The monoisotopic (exact) mass is 326 g/mol. The van der Waals surface area contributed by atoms with Crippen molar-refractivity contribution in [3.8, 4) is 11.5 Å². The molecule has 5 nitrogen and oxygen atoms in total. The molecule has 1 amide bonds. The third-order valence-electron chi connectivity index (χ3n) is 4.50. The van der Waals surface area contributed by atoms with Crippen molar-refractivity contribution in [2.75, 3.05) is 14.2 Å². The van der Waals surface area contributed by atoms with Crippen molar-refractivity contribution >= 4 is 5.91 Å². The van der Waals surface area contributed by atoms with Gasteiger partial charge in [0.25, 0.3) is 0 Å². The van der Waals surface area contributed by atoms with Gasteiger partial charge in [-0.2, -0.15) is 0 Å². The van der Waals surface area contributed by atoms with Crippen LogP contribution in [0.15, 0.2) is 42.5 Å². The van der Waals surface area contributed by atoms with Crippen LogP contribution in [0, 0.1) is 0 Å². The Hall–Kier alpha value is -2.53. The molecule has 2 atom stereocenters. The van der Waals surface area contributed by atoms with Gasteiger partial charge in [-0.1, -0.05) is 30.3 Å². The van der Waals surface area contributed by atoms with Crippen LogP contribution in [0.2, 0.25) is 0 Å². The van der Waals surface area contributed by atoms with E-state index < -0.39 is 0 Å². The molecule has 0 unspecified atom stereocenters. The molecule has 24 heavy (non-hydrogen) atoms. The second-order valence-electron chi connectivity index (χ2n) is 5.92. The fourth-order valence-electron chi connectivity index (χ4n) is 3.29. The van der Waals surface area contributed by atoms with E-state index in [2.05, 4.69) is 11.4 Å². The molecule has 126 valence electrons. The number of rotatable bonds is 5. The molecule has 0 aromatic heterocycles. The Morgan fingerprint density at radius 3 is 2.42 bits per heavy atom. The lowest BCUT2D eigenvalue weighted by Gasteiger charge is -2.19. The first-order valence-corrected chi connectivity index (χ1v) is 7.96. The van der Waals surface area contributed by atoms with Crippen LogP contribution in [-0.4, -0.2) is 26.2 Å². The Bertz CT molecular complexity index is 723. The van der Waals surface area contributed by atoms with Crippen molar-refractivity contribution < 1.29 is 14.3 Å². The molecule has 5 heteroatoms. The van der Waals surface area contributed by atoms with Crippen LogP contribution in [0.4, 0.5) is 0 Å². The fraction of sp³-hybridized carbons (Fsp3) is 0.316. The second kappa shape index (κ2) is 6.93. The molecule has 0 aliphatic heterocycles. The predicted molar refractivity (Wildman–Crippen MR) is 92.3 cm³/mol. The molecule has 2 aromatic rings. The van der Waals surface area contributed by atoms with Gasteiger partial charge in [0.15, 0.2) is 0 Å². The maximum Gasteiger partial charge on any atom is 0.225 e. The van der Waals surface area contributed by atoms with Gasteiger partial charge in [0.1, 0.15) is 11.5 Å². The Kier molecular flexibility index (Phi) is 4.71. The molecule has 0 radical (unpaired) electrons. The van der Waals surface area contributed by atoms with Gasteiger partial charge in [-0.25, -0.2) is 0 Å². The quantitative estimate of drug-likeness (QED) is 0.881. The van der Waals surface area contributed by atoms with E-state index >= 15 is 0 Å². The lowest BCUT2D eigenvalue weighted by Crippen LogP contribution is -2.41. The third-order valence-corrected chi connectivity index (χ3v) is 4.50. The van der Waals surface area contributed by atoms with Gasteiger partial charge in [0, 0.05) is 5.56 Å². The minimum Gasteiger partial charge on any atom is -0.496 e. The molecular formula is C19H22N2O3. The van der Waals surface area contributed by atoms with Gasteiger partial charge >= 0.3 is 0 Å². The molecule has 1 aliphatic rings. The Morgan fingerprint density at radius 2 is 1.79 bits per heavy atom. The Balaban J connectivity index is 1.72. The summed E-state index contributed by atoms with van der Waals surface area (Å²) in [5, 5.41) is 3.05. The largest absolute Gasteiger partial charge is 0.496 e. The fourth-order valence-corrected chi connectivity index (χ4v) is 3.29. The first-order chi connectivity index (χ1) is 11.6. The zero-order chi connectivity index (χ0) is 17.1. The lowest BCUT2D eigenvalue weighted by molar-refractivity contribution is -0.121. The van der Waals surface area contributed by atoms with Gasteiger partial charge in [0.05, 0.1) is 32.7 Å². The summed E-state index contributed by atoms with van der Waals surface area (Å²) in [6.07, 6.45) is 0.943. The van der Waals surface area contributed by atoms with Gasteiger partial charge in [-0.15, -0.1) is 0 Å². The maximum atomic E-state index is 12.5. The van der Waals surface area contributed by atoms with Gasteiger partial charge < -0.3 is 20.5 Å². The average molecular weight is 326 g/mol. The number of hydrogen-bond acceptors (Lipinski definition) is 4. The van der Waals surface area contributed by atoms with Crippen molar-refractivity contribution in [1.29, 1.82) is 0 Å². The summed E-state index contributed by atoms with van der Waals surface area (Å²) in [4.78, 5) is 12.5. The number of carbonyl (C=O) groups excluding carboxylic acids is 1. The number of ether oxygens (including phenoxy) is 2. The summed E-state index contributed by atoms with van der Waals surface area (Å²) in [6, 6.07) is 13.3. The van der Waals surface area contributed by atoms with Crippen LogP contribution >= 0.6 is 0 Å². The Morgan fingerprint density at radius 1 is 1.12 bits per heavy atom. The smallest absolute Gasteiger partial charge is 0.225 e. The topological polar surface area (TPSA) is 73.6 Å². The second-order valence-corrected chi connectivity index (χ2v) is 5.92. The molecule has 0 spiro atoms. The molecular weight excluding hydrogens is 304 g/mol. The van der Waals surface area contributed by atoms with Gasteiger partial charge in [-0.05, 0) is 29.7 Å². The van der Waals surface area contributed by atoms with Crippen molar-refractivity contribution in [3.05, 3.63) is 59.2 Å². The highest BCUT2D eigenvalue weighted by molar-refractivity contribution is 5.81. The number of hydrogen-bond donors (Lipinski definition) is 2. The molecule has 2 aromatic carbocycles. The van der Waals surface area contributed by atoms with E-state index in [9.17, 15) is 4.79 Å². The Labute approximate surface area is 141 Å². The van der Waals surface area contributed by atoms with E-state index in [1.807, 2.05) is 36.4 Å². The van der Waals surface area contributed by atoms with Crippen molar-refractivity contribution in [2.45, 2.75) is 24.9 Å². The minimum absolute atomic E-state index is 0.0874. The van der Waals surface area contributed by atoms with E-state index in [-0.39, 0.29) is 24.4 Å². The highest BCUT2D eigenvalue weighted by atomic mass is 16.5. The number of nitrogens with one attached hydrogen (secondary N) is 1. The number of amides is 1. The minimum atomic E-state index is -0.176. The van der Waals surface area contributed by atoms with Gasteiger partial charge in [0.2, 0.25) is 5.91 Å². The third kappa shape index (κ3) is 3.08. The first kappa shape index (κ1) is 16.3. The zero-order valence-corrected chi connectivity index (χ0v) is 13.9. The maximum absolute atomic E-state index is 12.5. The van der Waals surface area contributed by atoms with Crippen LogP contribution < -0.4 is 20.5 Å². The van der Waals surface area contributed by atoms with Crippen LogP contribution in [0.5, 0.6) is 11.5 Å². The number of methoxy groups -OCH3 is 2. The molecule has 0 saturated heterocycles. The summed E-state index contributed by atoms with van der Waals surface area (Å²) in [6.45, 7) is 0. The highest BCUT2D eigenvalue weighted by Gasteiger charge is 2.30. The summed E-state index contributed by atoms with van der Waals surface area (Å²) >= 11 is 0. The molecule has 0 fully saturated rings. The standard InChI is InChI=1S/C19H22N2O3/c1-23-16-8-5-9-17(24-2)14(16)11-18(22)21-15-10-12-6-3-4-7-13(12)19(15)20/h3-9,15,19H,10-11,20H2,1-2H3,(H,21,22)/t15-,19-/m1/s1. The van der Waals surface area contributed by atoms with E-state index in [0.717, 1.165) is 17.5 Å². The molecule has 1 aliphatic carbocycles. The molecule has 3 rings (SSSR count). The van der Waals surface area contributed by atoms with E-state index in [4.69, 9.17) is 15.2 Å². The van der Waals surface area contributed by atoms with Crippen LogP contribution in [0.25, 0.3) is 0 Å². The van der Waals surface area contributed by atoms with Crippen LogP contribution in [0.1, 0.15) is 22.7 Å². The summed E-state index contributed by atoms with van der Waals surface area (Å²) in [5.41, 5.74) is 9.33. The van der Waals surface area contributed by atoms with Crippen molar-refractivity contribution in [1.82, 2.24) is 5.32 Å². The first-order valence-electron chi connectivity index (χ1n) is 7.96. The normalized spacial score (nSPS) is 18.8. The van der Waals surface area contributed by atoms with E-state index in [0.29, 0.717) is 11.5 Å². The zero-order valence-electron chi connectivity index (χ0n) is 13.9. The molecule has 3 N–H and O–H groups in total. The number of benzene rings is 2. The average Bonchev–Trinajstić information content (AvgIpc) is 2.91. The summed E-state index contributed by atoms with van der Waals surface area (Å²) in [5.74, 6) is 1.19.